The summed E-state index contributed by atoms with van der Waals surface area (Å²) in [7, 11) is -10.8. The maximum Gasteiger partial charge on any atom is 0.481 e. The van der Waals surface area contributed by atoms with Gasteiger partial charge >= 0.3 is 27.7 Å². The van der Waals surface area contributed by atoms with Gasteiger partial charge in [-0.05, 0) is 74.6 Å². The van der Waals surface area contributed by atoms with Crippen molar-refractivity contribution >= 4 is 61.9 Å². The number of aliphatic hydroxyl groups is 1. The quantitative estimate of drug-likeness (QED) is 0.0412. The van der Waals surface area contributed by atoms with Crippen LogP contribution in [0.5, 0.6) is 11.5 Å². The molecule has 70 heavy (non-hydrogen) atoms. The van der Waals surface area contributed by atoms with Crippen molar-refractivity contribution in [3.8, 4) is 11.5 Å². The smallest absolute Gasteiger partial charge is 0.478 e. The summed E-state index contributed by atoms with van der Waals surface area (Å²) in [5.41, 5.74) is 11.2. The summed E-state index contributed by atoms with van der Waals surface area (Å²) >= 11 is 0. The first-order chi connectivity index (χ1) is 33.4. The van der Waals surface area contributed by atoms with Gasteiger partial charge < -0.3 is 60.4 Å². The predicted molar refractivity (Wildman–Crippen MR) is 248 cm³/mol. The van der Waals surface area contributed by atoms with E-state index >= 15 is 0 Å². The number of hydrogen-bond acceptors (Lipinski definition) is 16. The number of aromatic nitrogens is 4. The number of phosphoric ester groups is 1. The van der Waals surface area contributed by atoms with Crippen molar-refractivity contribution in [3.05, 3.63) is 99.1 Å². The Labute approximate surface area is 398 Å². The van der Waals surface area contributed by atoms with Gasteiger partial charge in [0.25, 0.3) is 5.91 Å². The number of nitrogens with two attached hydrogens (primary N) is 1. The molecule has 0 aliphatic carbocycles. The number of amides is 2. The zero-order valence-corrected chi connectivity index (χ0v) is 39.5. The second kappa shape index (κ2) is 19.5. The normalized spacial score (nSPS) is 20.4. The van der Waals surface area contributed by atoms with Gasteiger partial charge in [-0.1, -0.05) is 0 Å². The number of ether oxygens (including phenoxy) is 3. The van der Waals surface area contributed by atoms with E-state index in [2.05, 4.69) is 69.9 Å². The van der Waals surface area contributed by atoms with E-state index in [-0.39, 0.29) is 41.2 Å². The molecule has 0 bridgehead atoms. The van der Waals surface area contributed by atoms with E-state index < -0.39 is 64.8 Å². The Morgan fingerprint density at radius 1 is 0.957 bits per heavy atom. The van der Waals surface area contributed by atoms with Crippen LogP contribution in [-0.2, 0) is 40.3 Å². The number of nitrogen functional groups attached to an aromatic ring is 1. The first kappa shape index (κ1) is 48.7. The summed E-state index contributed by atoms with van der Waals surface area (Å²) in [5, 5.41) is 28.9. The number of nitrogens with one attached hydrogen (secondary N) is 2. The average Bonchev–Trinajstić information content (AvgIpc) is 3.89. The first-order valence-electron chi connectivity index (χ1n) is 22.4. The monoisotopic (exact) mass is 1010 g/mol. The van der Waals surface area contributed by atoms with Crippen LogP contribution in [0.25, 0.3) is 16.7 Å². The zero-order valence-electron chi connectivity index (χ0n) is 37.8. The molecular formula is C44H50N9O15P2+. The number of anilines is 2. The van der Waals surface area contributed by atoms with Gasteiger partial charge in [-0.3, -0.25) is 13.9 Å². The number of alkyl carbamates (subject to hydrolysis) is 1. The van der Waals surface area contributed by atoms with Crippen molar-refractivity contribution in [1.82, 2.24) is 34.7 Å². The van der Waals surface area contributed by atoms with Crippen molar-refractivity contribution < 1.29 is 71.5 Å². The standard InChI is InChI=1S/C44H49N9O15P2/c1-3-51-13-5-7-23-15-28-32(18-30(23)51)65-33-19-31-24(8-6-14-52(31)4-2)16-29(33)35(28)27-17-25(9-10-26(27)43(56)57)41(55)46-11-12-47-44(58)67-38-37(54)34(20-64-70(62,63)68-69(59,60)61)66-42(38)53-22-50-36-39(45)48-21-49-40(36)53/h9-10,15-19,21-22,34,37-38,42,54H,3-8,11-14,20H2,1-2H3,(H7-,45,46,47,48,49,55,56,57,58,59,60,61,62,63)/p+1/t34-,37-,38-,42-/m1/s1. The van der Waals surface area contributed by atoms with Crippen LogP contribution in [0.3, 0.4) is 0 Å². The van der Waals surface area contributed by atoms with Crippen LogP contribution in [0.1, 0.15) is 75.9 Å². The summed E-state index contributed by atoms with van der Waals surface area (Å²) in [6, 6.07) is 12.6. The fraction of sp³-hybridized carbons (Fsp3) is 0.386. The fourth-order valence-corrected chi connectivity index (χ4v) is 11.0. The molecule has 0 spiro atoms. The number of phosphoric acid groups is 2. The molecule has 0 saturated carbocycles. The number of aromatic carboxylic acids is 1. The molecule has 24 nitrogen and oxygen atoms in total. The molecule has 5 atom stereocenters. The van der Waals surface area contributed by atoms with Gasteiger partial charge in [0.2, 0.25) is 5.36 Å². The molecule has 26 heteroatoms. The third kappa shape index (κ3) is 9.74. The number of imidazole rings is 1. The van der Waals surface area contributed by atoms with E-state index in [1.54, 1.807) is 6.07 Å². The minimum Gasteiger partial charge on any atom is -0.478 e. The minimum atomic E-state index is -5.48. The van der Waals surface area contributed by atoms with Crippen LogP contribution in [0.2, 0.25) is 0 Å². The lowest BCUT2D eigenvalue weighted by Crippen LogP contribution is -2.41. The van der Waals surface area contributed by atoms with Gasteiger partial charge in [0.15, 0.2) is 23.8 Å². The first-order valence-corrected chi connectivity index (χ1v) is 25.5. The SMILES string of the molecule is CCN1CCCc2cc3c(cc21)Oc1cc2c(cc1=C3c1cc(C(=O)NCCNC(=O)O[C@@H]3[C@H](O)[C@@H](COP(=O)(O)OP(=O)(O)O)O[C@H]3n3cnc4c(N)ncnc43)ccc1C(=O)O)CCC[N+]=2CC. The molecule has 5 aromatic rings. The number of aliphatic hydroxyl groups excluding tert-OH is 1. The molecule has 9 N–H and O–H groups in total. The maximum atomic E-state index is 13.9. The largest absolute Gasteiger partial charge is 0.481 e. The third-order valence-corrected chi connectivity index (χ3v) is 14.8. The zero-order chi connectivity index (χ0) is 49.6. The van der Waals surface area contributed by atoms with Crippen molar-refractivity contribution in [3.63, 3.8) is 0 Å². The highest BCUT2D eigenvalue weighted by Crippen LogP contribution is 2.58. The molecule has 2 amide bonds. The number of fused-ring (bicyclic) bond motifs is 5. The Hall–Kier alpha value is -6.33. The number of carboxylic acid groups (broad SMARTS) is 1. The number of nitrogens with zero attached hydrogens (tertiary/aromatic N) is 6. The Morgan fingerprint density at radius 3 is 2.50 bits per heavy atom. The van der Waals surface area contributed by atoms with E-state index in [4.69, 9.17) is 29.7 Å². The Morgan fingerprint density at radius 2 is 1.74 bits per heavy atom. The maximum absolute atomic E-state index is 13.9. The van der Waals surface area contributed by atoms with Gasteiger partial charge in [0, 0.05) is 71.8 Å². The molecule has 9 rings (SSSR count). The summed E-state index contributed by atoms with van der Waals surface area (Å²) in [6.45, 7) is 6.31. The summed E-state index contributed by atoms with van der Waals surface area (Å²) in [4.78, 5) is 82.4. The van der Waals surface area contributed by atoms with Gasteiger partial charge in [-0.15, -0.1) is 0 Å². The number of carbonyl (C=O) groups excluding carboxylic acids is 2. The van der Waals surface area contributed by atoms with Gasteiger partial charge in [0.1, 0.15) is 48.6 Å². The highest BCUT2D eigenvalue weighted by atomic mass is 31.3. The van der Waals surface area contributed by atoms with Crippen LogP contribution in [0.15, 0.2) is 55.1 Å². The van der Waals surface area contributed by atoms with Crippen LogP contribution < -0.4 is 41.2 Å². The molecule has 370 valence electrons. The second-order valence-corrected chi connectivity index (χ2v) is 19.7. The minimum absolute atomic E-state index is 0.00841. The molecule has 0 radical (unpaired) electrons. The van der Waals surface area contributed by atoms with Crippen LogP contribution in [0.4, 0.5) is 16.3 Å². The Kier molecular flexibility index (Phi) is 13.5. The lowest BCUT2D eigenvalue weighted by Gasteiger charge is -2.32. The van der Waals surface area contributed by atoms with Gasteiger partial charge in [-0.2, -0.15) is 4.31 Å². The van der Waals surface area contributed by atoms with Crippen molar-refractivity contribution in [2.45, 2.75) is 64.1 Å². The van der Waals surface area contributed by atoms with E-state index in [0.717, 1.165) is 91.1 Å². The molecule has 6 heterocycles. The predicted octanol–water partition coefficient (Wildman–Crippen LogP) is 1.70. The van der Waals surface area contributed by atoms with Crippen molar-refractivity contribution in [2.24, 2.45) is 0 Å². The van der Waals surface area contributed by atoms with Gasteiger partial charge in [-0.25, -0.2) is 38.2 Å². The van der Waals surface area contributed by atoms with E-state index in [1.165, 1.54) is 23.0 Å². The fourth-order valence-electron chi connectivity index (χ4n) is 9.42. The number of hydrogen-bond donors (Lipinski definition) is 8. The van der Waals surface area contributed by atoms with E-state index in [9.17, 15) is 38.6 Å². The number of carboxylic acids is 1. The highest BCUT2D eigenvalue weighted by molar-refractivity contribution is 7.60. The summed E-state index contributed by atoms with van der Waals surface area (Å²) in [5.74, 6) is -0.605. The third-order valence-electron chi connectivity index (χ3n) is 12.6. The molecule has 4 aliphatic rings. The van der Waals surface area contributed by atoms with E-state index in [1.807, 2.05) is 12.1 Å². The Balaban J connectivity index is 0.950. The molecule has 1 saturated heterocycles. The topological polar surface area (TPSA) is 333 Å². The lowest BCUT2D eigenvalue weighted by atomic mass is 9.85. The van der Waals surface area contributed by atoms with Crippen LogP contribution >= 0.6 is 15.6 Å². The second-order valence-electron chi connectivity index (χ2n) is 16.9. The molecular weight excluding hydrogens is 956 g/mol. The molecule has 4 aliphatic heterocycles. The summed E-state index contributed by atoms with van der Waals surface area (Å²) < 4.78 is 53.5. The van der Waals surface area contributed by atoms with E-state index in [0.29, 0.717) is 22.6 Å². The molecule has 1 fully saturated rings. The summed E-state index contributed by atoms with van der Waals surface area (Å²) in [6.07, 6.45) is -1.54. The van der Waals surface area contributed by atoms with Crippen molar-refractivity contribution in [1.29, 1.82) is 0 Å². The lowest BCUT2D eigenvalue weighted by molar-refractivity contribution is -0.0522. The van der Waals surface area contributed by atoms with Crippen LogP contribution in [0, 0.1) is 0 Å². The number of carbonyl (C=O) groups is 3. The highest BCUT2D eigenvalue weighted by Gasteiger charge is 2.49. The number of benzene rings is 3. The van der Waals surface area contributed by atoms with Gasteiger partial charge in [0.05, 0.1) is 24.6 Å². The average molecular weight is 1010 g/mol. The molecule has 3 aromatic carbocycles. The molecule has 1 unspecified atom stereocenters. The Bertz CT molecular complexity index is 3160. The van der Waals surface area contributed by atoms with Crippen LogP contribution in [-0.4, -0.2) is 127 Å². The number of aryl methyl sites for hydroxylation is 2. The molecule has 2 aromatic heterocycles. The number of rotatable bonds is 15. The van der Waals surface area contributed by atoms with Crippen molar-refractivity contribution in [2.75, 3.05) is 56.5 Å².